The molecule has 0 unspecified atom stereocenters. The Morgan fingerprint density at radius 2 is 1.81 bits per heavy atom. The summed E-state index contributed by atoms with van der Waals surface area (Å²) >= 11 is 5.67. The highest BCUT2D eigenvalue weighted by atomic mass is 35.5. The first kappa shape index (κ1) is 15.0. The number of sulfonamides is 1. The molecule has 0 rings (SSSR count). The highest BCUT2D eigenvalue weighted by Crippen LogP contribution is 2.14. The Balaban J connectivity index is 5.31. The summed E-state index contributed by atoms with van der Waals surface area (Å²) in [4.78, 5) is 0.0318. The smallest absolute Gasteiger partial charge is 0.234 e. The van der Waals surface area contributed by atoms with E-state index in [0.717, 1.165) is 0 Å². The third kappa shape index (κ3) is 4.65. The van der Waals surface area contributed by atoms with E-state index >= 15 is 0 Å². The normalized spacial score (nSPS) is 15.8. The van der Waals surface area contributed by atoms with Crippen molar-refractivity contribution in [1.82, 2.24) is 0 Å². The average molecular weight is 263 g/mol. The zero-order valence-corrected chi connectivity index (χ0v) is 10.8. The Bertz CT molecular complexity index is 473. The highest BCUT2D eigenvalue weighted by molar-refractivity contribution is 7.93. The van der Waals surface area contributed by atoms with Gasteiger partial charge in [-0.3, -0.25) is 0 Å². The van der Waals surface area contributed by atoms with Gasteiger partial charge in [-0.25, -0.2) is 13.6 Å². The van der Waals surface area contributed by atoms with Crippen molar-refractivity contribution >= 4 is 21.6 Å². The lowest BCUT2D eigenvalue weighted by Crippen LogP contribution is -2.15. The summed E-state index contributed by atoms with van der Waals surface area (Å²) < 4.78 is 22.1. The van der Waals surface area contributed by atoms with E-state index in [4.69, 9.17) is 22.5 Å². The monoisotopic (exact) mass is 262 g/mol. The first-order valence-corrected chi connectivity index (χ1v) is 6.28. The van der Waals surface area contributed by atoms with Crippen molar-refractivity contribution < 1.29 is 8.42 Å². The number of hydrogen-bond acceptors (Lipinski definition) is 3. The van der Waals surface area contributed by atoms with Gasteiger partial charge in [0, 0.05) is 10.7 Å². The van der Waals surface area contributed by atoms with E-state index < -0.39 is 10.0 Å². The lowest BCUT2D eigenvalue weighted by Gasteiger charge is -2.05. The molecule has 6 heteroatoms. The van der Waals surface area contributed by atoms with Crippen molar-refractivity contribution in [3.63, 3.8) is 0 Å². The SMILES string of the molecule is C=C\C(Cl)=C/C=C(N)/C(C)=C(\C)S(N)(=O)=O. The van der Waals surface area contributed by atoms with Crippen LogP contribution in [0.25, 0.3) is 0 Å². The van der Waals surface area contributed by atoms with Gasteiger partial charge in [-0.15, -0.1) is 0 Å². The Labute approximate surface area is 101 Å². The summed E-state index contributed by atoms with van der Waals surface area (Å²) in [6.45, 7) is 6.42. The molecule has 0 aliphatic heterocycles. The van der Waals surface area contributed by atoms with Crippen molar-refractivity contribution in [2.24, 2.45) is 10.9 Å². The number of rotatable bonds is 4. The topological polar surface area (TPSA) is 86.2 Å². The molecule has 0 aliphatic carbocycles. The second-order valence-corrected chi connectivity index (χ2v) is 5.24. The molecule has 0 atom stereocenters. The van der Waals surface area contributed by atoms with E-state index in [0.29, 0.717) is 10.6 Å². The van der Waals surface area contributed by atoms with Crippen LogP contribution in [-0.2, 0) is 10.0 Å². The van der Waals surface area contributed by atoms with Crippen molar-refractivity contribution in [3.8, 4) is 0 Å². The fourth-order valence-electron chi connectivity index (χ4n) is 0.779. The third-order valence-electron chi connectivity index (χ3n) is 2.00. The molecule has 0 aromatic heterocycles. The molecule has 16 heavy (non-hydrogen) atoms. The van der Waals surface area contributed by atoms with E-state index in [1.165, 1.54) is 25.2 Å². The van der Waals surface area contributed by atoms with Crippen LogP contribution in [0.5, 0.6) is 0 Å². The predicted octanol–water partition coefficient (Wildman–Crippen LogP) is 1.72. The predicted molar refractivity (Wildman–Crippen MR) is 67.9 cm³/mol. The minimum Gasteiger partial charge on any atom is -0.398 e. The summed E-state index contributed by atoms with van der Waals surface area (Å²) in [5.74, 6) is 0. The van der Waals surface area contributed by atoms with Gasteiger partial charge in [0.25, 0.3) is 0 Å². The van der Waals surface area contributed by atoms with Crippen molar-refractivity contribution in [2.45, 2.75) is 13.8 Å². The molecular formula is C10H15ClN2O2S. The molecule has 0 heterocycles. The summed E-state index contributed by atoms with van der Waals surface area (Å²) in [6, 6.07) is 0. The van der Waals surface area contributed by atoms with Gasteiger partial charge < -0.3 is 5.73 Å². The summed E-state index contributed by atoms with van der Waals surface area (Å²) in [5, 5.41) is 5.38. The molecule has 0 aromatic rings. The first-order valence-electron chi connectivity index (χ1n) is 4.36. The molecular weight excluding hydrogens is 248 g/mol. The molecule has 4 nitrogen and oxygen atoms in total. The average Bonchev–Trinajstić information content (AvgIpc) is 2.21. The molecule has 4 N–H and O–H groups in total. The number of allylic oxidation sites excluding steroid dienone is 6. The zero-order chi connectivity index (χ0) is 12.9. The van der Waals surface area contributed by atoms with Crippen LogP contribution in [0.2, 0.25) is 0 Å². The summed E-state index contributed by atoms with van der Waals surface area (Å²) in [7, 11) is -3.71. The van der Waals surface area contributed by atoms with Crippen LogP contribution in [0.4, 0.5) is 0 Å². The number of hydrogen-bond donors (Lipinski definition) is 2. The lowest BCUT2D eigenvalue weighted by molar-refractivity contribution is 0.603. The summed E-state index contributed by atoms with van der Waals surface area (Å²) in [6.07, 6.45) is 4.45. The minimum absolute atomic E-state index is 0.0318. The van der Waals surface area contributed by atoms with E-state index in [-0.39, 0.29) is 10.6 Å². The van der Waals surface area contributed by atoms with Crippen LogP contribution in [-0.4, -0.2) is 8.42 Å². The molecule has 0 aromatic carbocycles. The quantitative estimate of drug-likeness (QED) is 0.757. The largest absolute Gasteiger partial charge is 0.398 e. The van der Waals surface area contributed by atoms with Crippen LogP contribution in [0.15, 0.2) is 46.0 Å². The van der Waals surface area contributed by atoms with E-state index in [1.807, 2.05) is 0 Å². The van der Waals surface area contributed by atoms with Gasteiger partial charge in [0.2, 0.25) is 10.0 Å². The molecule has 0 amide bonds. The van der Waals surface area contributed by atoms with Crippen LogP contribution in [0.3, 0.4) is 0 Å². The molecule has 0 spiro atoms. The molecule has 0 fully saturated rings. The fourth-order valence-corrected chi connectivity index (χ4v) is 1.39. The maximum atomic E-state index is 11.1. The van der Waals surface area contributed by atoms with Crippen LogP contribution in [0.1, 0.15) is 13.8 Å². The summed E-state index contributed by atoms with van der Waals surface area (Å²) in [5.41, 5.74) is 6.34. The van der Waals surface area contributed by atoms with Gasteiger partial charge in [0.05, 0.1) is 4.91 Å². The van der Waals surface area contributed by atoms with Gasteiger partial charge in [0.1, 0.15) is 0 Å². The van der Waals surface area contributed by atoms with Gasteiger partial charge in [-0.1, -0.05) is 24.3 Å². The molecule has 0 saturated carbocycles. The Morgan fingerprint density at radius 1 is 1.31 bits per heavy atom. The minimum atomic E-state index is -3.71. The molecule has 90 valence electrons. The zero-order valence-electron chi connectivity index (χ0n) is 9.20. The van der Waals surface area contributed by atoms with Gasteiger partial charge in [-0.05, 0) is 31.6 Å². The van der Waals surface area contributed by atoms with Gasteiger partial charge >= 0.3 is 0 Å². The number of nitrogens with two attached hydrogens (primary N) is 2. The molecule has 0 saturated heterocycles. The van der Waals surface area contributed by atoms with Crippen LogP contribution < -0.4 is 10.9 Å². The molecule has 0 radical (unpaired) electrons. The maximum Gasteiger partial charge on any atom is 0.234 e. The Kier molecular flexibility index (Phi) is 5.50. The van der Waals surface area contributed by atoms with E-state index in [2.05, 4.69) is 6.58 Å². The first-order chi connectivity index (χ1) is 7.20. The van der Waals surface area contributed by atoms with Gasteiger partial charge in [-0.2, -0.15) is 0 Å². The molecule has 0 bridgehead atoms. The fraction of sp³-hybridized carbons (Fsp3) is 0.200. The molecule has 0 aliphatic rings. The number of primary sulfonamides is 1. The van der Waals surface area contributed by atoms with E-state index in [9.17, 15) is 8.42 Å². The third-order valence-corrected chi connectivity index (χ3v) is 3.45. The van der Waals surface area contributed by atoms with Crippen molar-refractivity contribution in [3.05, 3.63) is 46.0 Å². The van der Waals surface area contributed by atoms with Crippen LogP contribution in [0, 0.1) is 0 Å². The standard InChI is InChI=1S/C10H15ClN2O2S/c1-4-9(11)5-6-10(12)7(2)8(3)16(13,14)15/h4-6H,1,12H2,2-3H3,(H2,13,14,15)/b8-7+,9-5+,10-6-. The Hall–Kier alpha value is -1.04. The second-order valence-electron chi connectivity index (χ2n) is 3.10. The van der Waals surface area contributed by atoms with Crippen molar-refractivity contribution in [2.75, 3.05) is 0 Å². The number of halogens is 1. The maximum absolute atomic E-state index is 11.1. The van der Waals surface area contributed by atoms with E-state index in [1.54, 1.807) is 6.92 Å². The highest BCUT2D eigenvalue weighted by Gasteiger charge is 2.10. The Morgan fingerprint density at radius 3 is 2.19 bits per heavy atom. The van der Waals surface area contributed by atoms with Crippen LogP contribution >= 0.6 is 11.6 Å². The second kappa shape index (κ2) is 5.89. The van der Waals surface area contributed by atoms with Gasteiger partial charge in [0.15, 0.2) is 0 Å². The lowest BCUT2D eigenvalue weighted by atomic mass is 10.2. The van der Waals surface area contributed by atoms with Crippen molar-refractivity contribution in [1.29, 1.82) is 0 Å².